The molecule has 0 saturated carbocycles. The van der Waals surface area contributed by atoms with Gasteiger partial charge in [-0.2, -0.15) is 0 Å². The number of carboxylic acids is 4. The average molecular weight is 643 g/mol. The molecule has 2 atom stereocenters. The first-order chi connectivity index (χ1) is 23.0. The van der Waals surface area contributed by atoms with Gasteiger partial charge in [-0.25, -0.2) is 19.2 Å². The van der Waals surface area contributed by atoms with E-state index in [2.05, 4.69) is 20.6 Å². The van der Waals surface area contributed by atoms with E-state index < -0.39 is 29.9 Å². The highest BCUT2D eigenvalue weighted by molar-refractivity contribution is 5.98. The van der Waals surface area contributed by atoms with Gasteiger partial charge in [0.2, 0.25) is 0 Å². The number of hydrogen-bond acceptors (Lipinski definition) is 6. The Kier molecular flexibility index (Phi) is 7.17. The molecular weight excluding hydrogens is 616 g/mol. The quantitative estimate of drug-likeness (QED) is 0.154. The SMILES string of the molecule is O=C(O)c1cc(C(=O)O)cc(/C2=C3\C=CC(/C=c4/cc/c([nH]4)=C(\c4cc(C(=O)O)cc(C(=O)O)c4)C4C=C/C(=C/c5ccc2[nH]5)N4)N3)c1. The number of benzene rings is 2. The molecule has 8 N–H and O–H groups in total. The average Bonchev–Trinajstić information content (AvgIpc) is 3.88. The van der Waals surface area contributed by atoms with Gasteiger partial charge < -0.3 is 41.0 Å². The molecule has 48 heavy (non-hydrogen) atoms. The van der Waals surface area contributed by atoms with Crippen molar-refractivity contribution in [3.63, 3.8) is 0 Å². The summed E-state index contributed by atoms with van der Waals surface area (Å²) in [7, 11) is 0. The molecule has 2 aromatic heterocycles. The Morgan fingerprint density at radius 1 is 0.625 bits per heavy atom. The summed E-state index contributed by atoms with van der Waals surface area (Å²) in [5, 5.41) is 47.2. The number of carboxylic acid groups (broad SMARTS) is 4. The zero-order valence-electron chi connectivity index (χ0n) is 24.8. The van der Waals surface area contributed by atoms with Crippen LogP contribution in [-0.2, 0) is 0 Å². The lowest BCUT2D eigenvalue weighted by molar-refractivity contribution is 0.0676. The van der Waals surface area contributed by atoms with Crippen LogP contribution in [0.5, 0.6) is 0 Å². The summed E-state index contributed by atoms with van der Waals surface area (Å²) in [5.41, 5.74) is 4.04. The van der Waals surface area contributed by atoms with E-state index in [9.17, 15) is 39.6 Å². The van der Waals surface area contributed by atoms with Crippen molar-refractivity contribution in [2.75, 3.05) is 0 Å². The van der Waals surface area contributed by atoms with Gasteiger partial charge >= 0.3 is 23.9 Å². The maximum absolute atomic E-state index is 11.9. The molecule has 0 aliphatic carbocycles. The first kappa shape index (κ1) is 29.9. The second-order valence-electron chi connectivity index (χ2n) is 11.5. The van der Waals surface area contributed by atoms with Gasteiger partial charge in [0, 0.05) is 44.6 Å². The Balaban J connectivity index is 1.43. The third-order valence-electron chi connectivity index (χ3n) is 8.26. The van der Waals surface area contributed by atoms with Crippen LogP contribution in [0, 0.1) is 0 Å². The largest absolute Gasteiger partial charge is 0.478 e. The minimum absolute atomic E-state index is 0.153. The van der Waals surface area contributed by atoms with Crippen LogP contribution in [0.25, 0.3) is 23.3 Å². The molecule has 3 aliphatic heterocycles. The lowest BCUT2D eigenvalue weighted by Crippen LogP contribution is -2.29. The van der Waals surface area contributed by atoms with E-state index in [1.165, 1.54) is 24.3 Å². The van der Waals surface area contributed by atoms with Gasteiger partial charge in [0.05, 0.1) is 34.3 Å². The molecule has 0 amide bonds. The normalized spacial score (nSPS) is 22.2. The first-order valence-corrected chi connectivity index (χ1v) is 14.7. The number of hydrogen-bond donors (Lipinski definition) is 8. The van der Waals surface area contributed by atoms with Gasteiger partial charge in [-0.3, -0.25) is 0 Å². The van der Waals surface area contributed by atoms with E-state index in [-0.39, 0.29) is 28.3 Å². The molecule has 0 saturated heterocycles. The highest BCUT2D eigenvalue weighted by Gasteiger charge is 2.24. The Labute approximate surface area is 271 Å². The molecule has 0 radical (unpaired) electrons. The van der Waals surface area contributed by atoms with Crippen LogP contribution in [-0.4, -0.2) is 66.4 Å². The summed E-state index contributed by atoms with van der Waals surface area (Å²) < 4.78 is 0. The van der Waals surface area contributed by atoms with E-state index in [1.54, 1.807) is 0 Å². The number of aromatic amines is 2. The summed E-state index contributed by atoms with van der Waals surface area (Å²) in [6.07, 6.45) is 11.3. The Morgan fingerprint density at radius 2 is 1.25 bits per heavy atom. The number of allylic oxidation sites excluding steroid dienone is 2. The molecule has 2 unspecified atom stereocenters. The van der Waals surface area contributed by atoms with Gasteiger partial charge in [0.15, 0.2) is 0 Å². The molecule has 3 aliphatic rings. The number of H-pyrrole nitrogens is 2. The third kappa shape index (κ3) is 5.58. The first-order valence-electron chi connectivity index (χ1n) is 14.7. The molecule has 12 nitrogen and oxygen atoms in total. The number of aromatic nitrogens is 2. The van der Waals surface area contributed by atoms with Crippen molar-refractivity contribution in [1.82, 2.24) is 20.6 Å². The lowest BCUT2D eigenvalue weighted by Gasteiger charge is -2.17. The number of aromatic carboxylic acids is 4. The second-order valence-corrected chi connectivity index (χ2v) is 11.5. The lowest BCUT2D eigenvalue weighted by atomic mass is 9.94. The molecular formula is C36H26N4O8. The Hall–Kier alpha value is -6.82. The Morgan fingerprint density at radius 3 is 1.88 bits per heavy atom. The van der Waals surface area contributed by atoms with Crippen molar-refractivity contribution in [3.8, 4) is 0 Å². The minimum Gasteiger partial charge on any atom is -0.478 e. The standard InChI is InChI=1S/C36H26N4O8/c41-33(42)19-9-17(10-20(13-19)34(43)44)31-27-5-1-23(37-27)15-24-2-6-29(38-24)32(18-11-21(35(45)46)14-22(12-18)36(47)48)30-8-4-26(40-30)16-25-3-7-28(31)39-25/h1-16,23,30,37-40H,(H,41,42)(H,43,44)(H,45,46)(H,47,48)/b24-15-,26-16-,31-27-,32-29-. The zero-order chi connectivity index (χ0) is 33.7. The molecule has 0 spiro atoms. The van der Waals surface area contributed by atoms with Crippen LogP contribution in [0.1, 0.15) is 63.9 Å². The summed E-state index contributed by atoms with van der Waals surface area (Å²) in [4.78, 5) is 54.5. The molecule has 5 heterocycles. The van der Waals surface area contributed by atoms with Crippen LogP contribution in [0.2, 0.25) is 0 Å². The Bertz CT molecular complexity index is 2270. The molecule has 12 heteroatoms. The van der Waals surface area contributed by atoms with Gasteiger partial charge in [0.25, 0.3) is 0 Å². The number of fused-ring (bicyclic) bond motifs is 8. The van der Waals surface area contributed by atoms with Crippen LogP contribution in [0.3, 0.4) is 0 Å². The van der Waals surface area contributed by atoms with E-state index in [0.717, 1.165) is 12.1 Å². The molecule has 8 bridgehead atoms. The predicted octanol–water partition coefficient (Wildman–Crippen LogP) is 2.99. The van der Waals surface area contributed by atoms with Crippen LogP contribution >= 0.6 is 0 Å². The van der Waals surface area contributed by atoms with Crippen molar-refractivity contribution >= 4 is 47.2 Å². The second kappa shape index (κ2) is 11.5. The van der Waals surface area contributed by atoms with Crippen LogP contribution in [0.15, 0.2) is 96.4 Å². The fourth-order valence-electron chi connectivity index (χ4n) is 6.14. The van der Waals surface area contributed by atoms with Crippen LogP contribution in [0.4, 0.5) is 0 Å². The van der Waals surface area contributed by atoms with Crippen molar-refractivity contribution in [3.05, 3.63) is 152 Å². The van der Waals surface area contributed by atoms with Gasteiger partial charge in [-0.05, 0) is 96.1 Å². The van der Waals surface area contributed by atoms with Gasteiger partial charge in [-0.1, -0.05) is 12.2 Å². The topological polar surface area (TPSA) is 205 Å². The molecule has 0 fully saturated rings. The predicted molar refractivity (Wildman–Crippen MR) is 175 cm³/mol. The minimum atomic E-state index is -1.25. The van der Waals surface area contributed by atoms with Crippen molar-refractivity contribution < 1.29 is 39.6 Å². The molecule has 2 aromatic carbocycles. The van der Waals surface area contributed by atoms with Crippen molar-refractivity contribution in [2.45, 2.75) is 12.1 Å². The van der Waals surface area contributed by atoms with E-state index in [0.29, 0.717) is 55.8 Å². The van der Waals surface area contributed by atoms with Gasteiger partial charge in [-0.15, -0.1) is 0 Å². The third-order valence-corrected chi connectivity index (χ3v) is 8.26. The monoisotopic (exact) mass is 642 g/mol. The van der Waals surface area contributed by atoms with Crippen molar-refractivity contribution in [1.29, 1.82) is 0 Å². The fourth-order valence-corrected chi connectivity index (χ4v) is 6.14. The summed E-state index contributed by atoms with van der Waals surface area (Å²) >= 11 is 0. The highest BCUT2D eigenvalue weighted by Crippen LogP contribution is 2.31. The maximum Gasteiger partial charge on any atom is 0.335 e. The molecule has 238 valence electrons. The van der Waals surface area contributed by atoms with Crippen molar-refractivity contribution in [2.24, 2.45) is 0 Å². The van der Waals surface area contributed by atoms with Gasteiger partial charge in [0.1, 0.15) is 0 Å². The molecule has 4 aromatic rings. The highest BCUT2D eigenvalue weighted by atomic mass is 16.4. The zero-order valence-corrected chi connectivity index (χ0v) is 24.8. The maximum atomic E-state index is 11.9. The van der Waals surface area contributed by atoms with E-state index in [4.69, 9.17) is 0 Å². The fraction of sp³-hybridized carbons (Fsp3) is 0.0556. The van der Waals surface area contributed by atoms with Crippen LogP contribution < -0.4 is 21.3 Å². The smallest absolute Gasteiger partial charge is 0.335 e. The summed E-state index contributed by atoms with van der Waals surface area (Å²) in [6.45, 7) is 0. The summed E-state index contributed by atoms with van der Waals surface area (Å²) in [6, 6.07) is 14.6. The van der Waals surface area contributed by atoms with E-state index >= 15 is 0 Å². The number of carbonyl (C=O) groups is 4. The number of nitrogens with one attached hydrogen (secondary N) is 4. The van der Waals surface area contributed by atoms with E-state index in [1.807, 2.05) is 60.7 Å². The molecule has 7 rings (SSSR count). The number of rotatable bonds is 6. The summed E-state index contributed by atoms with van der Waals surface area (Å²) in [5.74, 6) is -5.00.